The van der Waals surface area contributed by atoms with E-state index in [4.69, 9.17) is 9.84 Å². The third kappa shape index (κ3) is 4.28. The maximum absolute atomic E-state index is 11.7. The molecule has 0 atom stereocenters. The highest BCUT2D eigenvalue weighted by Gasteiger charge is 2.16. The van der Waals surface area contributed by atoms with Crippen molar-refractivity contribution in [2.24, 2.45) is 0 Å². The van der Waals surface area contributed by atoms with E-state index in [0.29, 0.717) is 24.4 Å². The molecule has 5 heteroatoms. The quantitative estimate of drug-likeness (QED) is 0.856. The molecule has 0 aliphatic heterocycles. The standard InChI is InChI=1S/C14H19NO4/c1-10-6-7-13(19-3)12(9-10)15(11(2)16)8-4-5-14(17)18/h6-7,9H,4-5,8H2,1-3H3,(H,17,18). The van der Waals surface area contributed by atoms with Crippen molar-refractivity contribution in [3.8, 4) is 5.75 Å². The van der Waals surface area contributed by atoms with Gasteiger partial charge in [0.2, 0.25) is 5.91 Å². The third-order valence-corrected chi connectivity index (χ3v) is 2.78. The van der Waals surface area contributed by atoms with Crippen LogP contribution >= 0.6 is 0 Å². The lowest BCUT2D eigenvalue weighted by atomic mass is 10.1. The van der Waals surface area contributed by atoms with Crippen LogP contribution in [0, 0.1) is 6.92 Å². The molecule has 1 N–H and O–H groups in total. The van der Waals surface area contributed by atoms with Gasteiger partial charge in [-0.1, -0.05) is 6.07 Å². The van der Waals surface area contributed by atoms with E-state index in [1.54, 1.807) is 18.1 Å². The first kappa shape index (κ1) is 15.0. The molecule has 0 aromatic heterocycles. The molecule has 0 aliphatic rings. The fourth-order valence-corrected chi connectivity index (χ4v) is 1.85. The minimum absolute atomic E-state index is 0.0396. The van der Waals surface area contributed by atoms with Crippen molar-refractivity contribution in [3.05, 3.63) is 23.8 Å². The van der Waals surface area contributed by atoms with Gasteiger partial charge in [0, 0.05) is 19.9 Å². The molecule has 1 aromatic carbocycles. The van der Waals surface area contributed by atoms with Gasteiger partial charge in [-0.3, -0.25) is 9.59 Å². The lowest BCUT2D eigenvalue weighted by molar-refractivity contribution is -0.137. The number of carbonyl (C=O) groups is 2. The Kier molecular flexibility index (Phi) is 5.36. The highest BCUT2D eigenvalue weighted by molar-refractivity contribution is 5.93. The number of carboxylic acids is 1. The molecule has 0 spiro atoms. The molecule has 0 aliphatic carbocycles. The number of anilines is 1. The second-order valence-electron chi connectivity index (χ2n) is 4.34. The Morgan fingerprint density at radius 1 is 1.37 bits per heavy atom. The normalized spacial score (nSPS) is 10.1. The molecule has 19 heavy (non-hydrogen) atoms. The molecule has 0 bridgehead atoms. The summed E-state index contributed by atoms with van der Waals surface area (Å²) in [4.78, 5) is 23.8. The van der Waals surface area contributed by atoms with Gasteiger partial charge in [0.15, 0.2) is 0 Å². The molecule has 1 amide bonds. The second-order valence-corrected chi connectivity index (χ2v) is 4.34. The monoisotopic (exact) mass is 265 g/mol. The summed E-state index contributed by atoms with van der Waals surface area (Å²) in [6.07, 6.45) is 0.448. The predicted molar refractivity (Wildman–Crippen MR) is 72.6 cm³/mol. The molecule has 0 saturated heterocycles. The lowest BCUT2D eigenvalue weighted by Crippen LogP contribution is -2.30. The number of carboxylic acid groups (broad SMARTS) is 1. The zero-order chi connectivity index (χ0) is 14.4. The van der Waals surface area contributed by atoms with Crippen LogP contribution in [0.4, 0.5) is 5.69 Å². The van der Waals surface area contributed by atoms with Crippen molar-refractivity contribution in [1.82, 2.24) is 0 Å². The van der Waals surface area contributed by atoms with E-state index in [9.17, 15) is 9.59 Å². The fourth-order valence-electron chi connectivity index (χ4n) is 1.85. The van der Waals surface area contributed by atoms with Crippen LogP contribution in [0.3, 0.4) is 0 Å². The summed E-state index contributed by atoms with van der Waals surface area (Å²) in [5, 5.41) is 8.65. The number of benzene rings is 1. The Bertz CT molecular complexity index is 471. The molecular formula is C14H19NO4. The Labute approximate surface area is 112 Å². The van der Waals surface area contributed by atoms with Gasteiger partial charge in [-0.25, -0.2) is 0 Å². The highest BCUT2D eigenvalue weighted by Crippen LogP contribution is 2.29. The van der Waals surface area contributed by atoms with Crippen LogP contribution in [0.1, 0.15) is 25.3 Å². The zero-order valence-corrected chi connectivity index (χ0v) is 11.5. The number of methoxy groups -OCH3 is 1. The van der Waals surface area contributed by atoms with Crippen LogP contribution < -0.4 is 9.64 Å². The topological polar surface area (TPSA) is 66.8 Å². The summed E-state index contributed by atoms with van der Waals surface area (Å²) in [7, 11) is 1.55. The number of rotatable bonds is 6. The molecule has 0 fully saturated rings. The first-order valence-electron chi connectivity index (χ1n) is 6.10. The Hall–Kier alpha value is -2.04. The summed E-state index contributed by atoms with van der Waals surface area (Å²) < 4.78 is 5.25. The van der Waals surface area contributed by atoms with E-state index in [-0.39, 0.29) is 12.3 Å². The second kappa shape index (κ2) is 6.78. The SMILES string of the molecule is COc1ccc(C)cc1N(CCCC(=O)O)C(C)=O. The summed E-state index contributed by atoms with van der Waals surface area (Å²) in [6.45, 7) is 3.75. The molecule has 104 valence electrons. The van der Waals surface area contributed by atoms with Gasteiger partial charge in [-0.05, 0) is 31.0 Å². The van der Waals surface area contributed by atoms with Crippen molar-refractivity contribution < 1.29 is 19.4 Å². The van der Waals surface area contributed by atoms with E-state index in [0.717, 1.165) is 5.56 Å². The summed E-state index contributed by atoms with van der Waals surface area (Å²) in [6, 6.07) is 5.57. The minimum atomic E-state index is -0.861. The maximum Gasteiger partial charge on any atom is 0.303 e. The number of amides is 1. The van der Waals surface area contributed by atoms with Crippen LogP contribution in [0.25, 0.3) is 0 Å². The van der Waals surface area contributed by atoms with Gasteiger partial charge in [-0.15, -0.1) is 0 Å². The number of aliphatic carboxylic acids is 1. The van der Waals surface area contributed by atoms with Gasteiger partial charge in [0.05, 0.1) is 12.8 Å². The Balaban J connectivity index is 2.95. The van der Waals surface area contributed by atoms with Crippen LogP contribution in [0.2, 0.25) is 0 Å². The summed E-state index contributed by atoms with van der Waals surface area (Å²) in [5.74, 6) is -0.384. The summed E-state index contributed by atoms with van der Waals surface area (Å²) in [5.41, 5.74) is 1.70. The lowest BCUT2D eigenvalue weighted by Gasteiger charge is -2.23. The van der Waals surface area contributed by atoms with Crippen molar-refractivity contribution in [2.45, 2.75) is 26.7 Å². The van der Waals surface area contributed by atoms with E-state index in [1.807, 2.05) is 19.1 Å². The number of hydrogen-bond acceptors (Lipinski definition) is 3. The van der Waals surface area contributed by atoms with Gasteiger partial charge < -0.3 is 14.7 Å². The molecule has 0 radical (unpaired) electrons. The Morgan fingerprint density at radius 2 is 2.05 bits per heavy atom. The van der Waals surface area contributed by atoms with Gasteiger partial charge >= 0.3 is 5.97 Å². The van der Waals surface area contributed by atoms with Crippen molar-refractivity contribution >= 4 is 17.6 Å². The average Bonchev–Trinajstić information content (AvgIpc) is 2.34. The van der Waals surface area contributed by atoms with E-state index in [2.05, 4.69) is 0 Å². The highest BCUT2D eigenvalue weighted by atomic mass is 16.5. The van der Waals surface area contributed by atoms with Gasteiger partial charge in [0.25, 0.3) is 0 Å². The largest absolute Gasteiger partial charge is 0.495 e. The van der Waals surface area contributed by atoms with Gasteiger partial charge in [0.1, 0.15) is 5.75 Å². The van der Waals surface area contributed by atoms with Crippen molar-refractivity contribution in [3.63, 3.8) is 0 Å². The number of ether oxygens (including phenoxy) is 1. The smallest absolute Gasteiger partial charge is 0.303 e. The van der Waals surface area contributed by atoms with Crippen molar-refractivity contribution in [2.75, 3.05) is 18.6 Å². The summed E-state index contributed by atoms with van der Waals surface area (Å²) >= 11 is 0. The molecular weight excluding hydrogens is 246 g/mol. The van der Waals surface area contributed by atoms with E-state index < -0.39 is 5.97 Å². The van der Waals surface area contributed by atoms with Crippen molar-refractivity contribution in [1.29, 1.82) is 0 Å². The molecule has 0 saturated carbocycles. The zero-order valence-electron chi connectivity index (χ0n) is 11.5. The number of aryl methyl sites for hydroxylation is 1. The molecule has 0 heterocycles. The van der Waals surface area contributed by atoms with Gasteiger partial charge in [-0.2, -0.15) is 0 Å². The fraction of sp³-hybridized carbons (Fsp3) is 0.429. The van der Waals surface area contributed by atoms with Crippen LogP contribution in [-0.4, -0.2) is 30.6 Å². The predicted octanol–water partition coefficient (Wildman–Crippen LogP) is 2.22. The number of hydrogen-bond donors (Lipinski definition) is 1. The number of carbonyl (C=O) groups excluding carboxylic acids is 1. The van der Waals surface area contributed by atoms with E-state index >= 15 is 0 Å². The van der Waals surface area contributed by atoms with Crippen LogP contribution in [-0.2, 0) is 9.59 Å². The molecule has 0 unspecified atom stereocenters. The first-order chi connectivity index (χ1) is 8.95. The first-order valence-corrected chi connectivity index (χ1v) is 6.10. The average molecular weight is 265 g/mol. The number of nitrogens with zero attached hydrogens (tertiary/aromatic N) is 1. The minimum Gasteiger partial charge on any atom is -0.495 e. The molecule has 1 aromatic rings. The molecule has 5 nitrogen and oxygen atoms in total. The van der Waals surface area contributed by atoms with Crippen LogP contribution in [0.5, 0.6) is 5.75 Å². The Morgan fingerprint density at radius 3 is 2.58 bits per heavy atom. The third-order valence-electron chi connectivity index (χ3n) is 2.78. The molecule has 1 rings (SSSR count). The van der Waals surface area contributed by atoms with E-state index in [1.165, 1.54) is 6.92 Å². The van der Waals surface area contributed by atoms with Crippen LogP contribution in [0.15, 0.2) is 18.2 Å². The maximum atomic E-state index is 11.7.